The number of hydrogen-bond acceptors (Lipinski definition) is 3. The molecule has 0 radical (unpaired) electrons. The van der Waals surface area contributed by atoms with E-state index in [9.17, 15) is 10.2 Å². The third-order valence-corrected chi connectivity index (χ3v) is 2.54. The molecule has 0 aliphatic heterocycles. The van der Waals surface area contributed by atoms with Crippen molar-refractivity contribution in [2.45, 2.75) is 19.1 Å². The van der Waals surface area contributed by atoms with Gasteiger partial charge in [-0.2, -0.15) is 0 Å². The normalized spacial score (nSPS) is 14.3. The van der Waals surface area contributed by atoms with Crippen molar-refractivity contribution in [3.8, 4) is 5.75 Å². The molecule has 0 fully saturated rings. The molecule has 1 rings (SSSR count). The van der Waals surface area contributed by atoms with Crippen molar-refractivity contribution in [2.24, 2.45) is 5.73 Å². The molecule has 0 heterocycles. The molecule has 0 unspecified atom stereocenters. The highest BCUT2D eigenvalue weighted by Gasteiger charge is 2.16. The van der Waals surface area contributed by atoms with Crippen LogP contribution in [0, 0.1) is 0 Å². The molecule has 80 valence electrons. The van der Waals surface area contributed by atoms with Crippen LogP contribution in [0.5, 0.6) is 5.75 Å². The maximum Gasteiger partial charge on any atom is 0.134 e. The van der Waals surface area contributed by atoms with Gasteiger partial charge in [0.2, 0.25) is 0 Å². The number of aliphatic hydroxyl groups is 1. The first-order chi connectivity index (χ1) is 6.04. The summed E-state index contributed by atoms with van der Waals surface area (Å²) in [7, 11) is 0. The van der Waals surface area contributed by atoms with Crippen molar-refractivity contribution < 1.29 is 10.2 Å². The van der Waals surface area contributed by atoms with Crippen LogP contribution in [-0.2, 0) is 0 Å². The van der Waals surface area contributed by atoms with Gasteiger partial charge in [0.1, 0.15) is 5.75 Å². The van der Waals surface area contributed by atoms with Gasteiger partial charge in [0.15, 0.2) is 0 Å². The number of aliphatic hydroxyl groups excluding tert-OH is 1. The summed E-state index contributed by atoms with van der Waals surface area (Å²) in [5.74, 6) is 0.0934. The zero-order valence-electron chi connectivity index (χ0n) is 7.64. The Hall–Kier alpha value is -0.290. The van der Waals surface area contributed by atoms with Crippen LogP contribution in [0.25, 0.3) is 0 Å². The Morgan fingerprint density at radius 2 is 2.00 bits per heavy atom. The van der Waals surface area contributed by atoms with E-state index in [1.165, 1.54) is 0 Å². The molecular formula is C9H13BrClNO2. The summed E-state index contributed by atoms with van der Waals surface area (Å²) < 4.78 is 0.584. The molecule has 0 aromatic heterocycles. The molecule has 0 bridgehead atoms. The lowest BCUT2D eigenvalue weighted by atomic mass is 10.0. The minimum Gasteiger partial charge on any atom is -0.506 e. The number of phenolic OH excluding ortho intramolecular Hbond substituents is 1. The highest BCUT2D eigenvalue weighted by Crippen LogP contribution is 2.31. The number of nitrogens with two attached hydrogens (primary N) is 1. The van der Waals surface area contributed by atoms with Crippen LogP contribution in [0.4, 0.5) is 0 Å². The summed E-state index contributed by atoms with van der Waals surface area (Å²) in [5.41, 5.74) is 6.22. The Balaban J connectivity index is 0.00000169. The highest BCUT2D eigenvalue weighted by atomic mass is 79.9. The lowest BCUT2D eigenvalue weighted by molar-refractivity contribution is 0.163. The lowest BCUT2D eigenvalue weighted by Gasteiger charge is -2.16. The summed E-state index contributed by atoms with van der Waals surface area (Å²) in [6, 6.07) is 4.62. The molecule has 1 aromatic rings. The number of benzene rings is 1. The fourth-order valence-electron chi connectivity index (χ4n) is 1.06. The van der Waals surface area contributed by atoms with E-state index in [-0.39, 0.29) is 18.2 Å². The average molecular weight is 283 g/mol. The largest absolute Gasteiger partial charge is 0.506 e. The second kappa shape index (κ2) is 5.56. The Bertz CT molecular complexity index is 307. The zero-order chi connectivity index (χ0) is 10.0. The number of hydrogen-bond donors (Lipinski definition) is 3. The van der Waals surface area contributed by atoms with Crippen molar-refractivity contribution in [3.05, 3.63) is 28.2 Å². The standard InChI is InChI=1S/C9H12BrNO2.ClH/c1-5(12)8(11)6-3-2-4-7(10)9(6)13;/h2-5,8,12-13H,11H2,1H3;1H/t5-,8-;/m0./s1. The zero-order valence-corrected chi connectivity index (χ0v) is 10.0. The molecular weight excluding hydrogens is 269 g/mol. The van der Waals surface area contributed by atoms with E-state index in [0.717, 1.165) is 0 Å². The van der Waals surface area contributed by atoms with Crippen LogP contribution in [0.2, 0.25) is 0 Å². The Kier molecular flexibility index (Phi) is 5.44. The van der Waals surface area contributed by atoms with E-state index < -0.39 is 12.1 Å². The van der Waals surface area contributed by atoms with Gasteiger partial charge in [-0.15, -0.1) is 12.4 Å². The van der Waals surface area contributed by atoms with Crippen molar-refractivity contribution in [2.75, 3.05) is 0 Å². The quantitative estimate of drug-likeness (QED) is 0.777. The number of rotatable bonds is 2. The summed E-state index contributed by atoms with van der Waals surface area (Å²) in [4.78, 5) is 0. The van der Waals surface area contributed by atoms with Crippen molar-refractivity contribution in [1.29, 1.82) is 0 Å². The molecule has 1 aromatic carbocycles. The summed E-state index contributed by atoms with van der Waals surface area (Å²) >= 11 is 3.18. The SMILES string of the molecule is C[C@H](O)[C@H](N)c1cccc(Br)c1O.Cl. The third kappa shape index (κ3) is 2.85. The predicted octanol–water partition coefficient (Wildman–Crippen LogP) is 1.96. The molecule has 0 amide bonds. The summed E-state index contributed by atoms with van der Waals surface area (Å²) in [6.07, 6.45) is -0.680. The molecule has 0 saturated heterocycles. The lowest BCUT2D eigenvalue weighted by Crippen LogP contribution is -2.23. The van der Waals surface area contributed by atoms with E-state index in [1.807, 2.05) is 0 Å². The molecule has 0 aliphatic carbocycles. The molecule has 3 nitrogen and oxygen atoms in total. The molecule has 0 spiro atoms. The Morgan fingerprint density at radius 1 is 1.43 bits per heavy atom. The first-order valence-electron chi connectivity index (χ1n) is 3.95. The minimum atomic E-state index is -0.680. The minimum absolute atomic E-state index is 0. The summed E-state index contributed by atoms with van der Waals surface area (Å²) in [6.45, 7) is 1.59. The Labute approximate surface area is 97.5 Å². The highest BCUT2D eigenvalue weighted by molar-refractivity contribution is 9.10. The monoisotopic (exact) mass is 281 g/mol. The second-order valence-corrected chi connectivity index (χ2v) is 3.80. The van der Waals surface area contributed by atoms with Gasteiger partial charge in [-0.3, -0.25) is 0 Å². The van der Waals surface area contributed by atoms with Gasteiger partial charge in [-0.05, 0) is 28.9 Å². The predicted molar refractivity (Wildman–Crippen MR) is 61.7 cm³/mol. The first-order valence-corrected chi connectivity index (χ1v) is 4.74. The molecule has 0 aliphatic rings. The molecule has 4 N–H and O–H groups in total. The second-order valence-electron chi connectivity index (χ2n) is 2.94. The van der Waals surface area contributed by atoms with Gasteiger partial charge in [0.25, 0.3) is 0 Å². The van der Waals surface area contributed by atoms with E-state index in [1.54, 1.807) is 25.1 Å². The van der Waals surface area contributed by atoms with Crippen molar-refractivity contribution in [3.63, 3.8) is 0 Å². The maximum atomic E-state index is 9.58. The van der Waals surface area contributed by atoms with Crippen LogP contribution in [0.15, 0.2) is 22.7 Å². The first kappa shape index (κ1) is 13.7. The number of halogens is 2. The van der Waals surface area contributed by atoms with E-state index in [4.69, 9.17) is 5.73 Å². The van der Waals surface area contributed by atoms with E-state index >= 15 is 0 Å². The number of phenols is 1. The van der Waals surface area contributed by atoms with Gasteiger partial charge in [-0.25, -0.2) is 0 Å². The van der Waals surface area contributed by atoms with E-state index in [2.05, 4.69) is 15.9 Å². The van der Waals surface area contributed by atoms with Crippen LogP contribution in [0.1, 0.15) is 18.5 Å². The van der Waals surface area contributed by atoms with Gasteiger partial charge in [0.05, 0.1) is 16.6 Å². The summed E-state index contributed by atoms with van der Waals surface area (Å²) in [5, 5.41) is 18.8. The third-order valence-electron chi connectivity index (χ3n) is 1.90. The smallest absolute Gasteiger partial charge is 0.134 e. The van der Waals surface area contributed by atoms with Crippen LogP contribution in [-0.4, -0.2) is 16.3 Å². The van der Waals surface area contributed by atoms with E-state index in [0.29, 0.717) is 10.0 Å². The van der Waals surface area contributed by atoms with Gasteiger partial charge < -0.3 is 15.9 Å². The number of para-hydroxylation sites is 1. The van der Waals surface area contributed by atoms with Crippen LogP contribution in [0.3, 0.4) is 0 Å². The van der Waals surface area contributed by atoms with Gasteiger partial charge in [0, 0.05) is 5.56 Å². The van der Waals surface area contributed by atoms with Gasteiger partial charge >= 0.3 is 0 Å². The molecule has 0 saturated carbocycles. The van der Waals surface area contributed by atoms with Crippen LogP contribution < -0.4 is 5.73 Å². The van der Waals surface area contributed by atoms with Crippen molar-refractivity contribution in [1.82, 2.24) is 0 Å². The average Bonchev–Trinajstić information content (AvgIpc) is 2.08. The maximum absolute atomic E-state index is 9.58. The Morgan fingerprint density at radius 3 is 2.50 bits per heavy atom. The van der Waals surface area contributed by atoms with Crippen LogP contribution >= 0.6 is 28.3 Å². The molecule has 5 heteroatoms. The fourth-order valence-corrected chi connectivity index (χ4v) is 1.44. The fraction of sp³-hybridized carbons (Fsp3) is 0.333. The molecule has 2 atom stereocenters. The topological polar surface area (TPSA) is 66.5 Å². The van der Waals surface area contributed by atoms with Crippen molar-refractivity contribution >= 4 is 28.3 Å². The van der Waals surface area contributed by atoms with Gasteiger partial charge in [-0.1, -0.05) is 12.1 Å². The number of aromatic hydroxyl groups is 1. The molecule has 14 heavy (non-hydrogen) atoms.